The van der Waals surface area contributed by atoms with E-state index in [9.17, 15) is 9.59 Å². The summed E-state index contributed by atoms with van der Waals surface area (Å²) in [5.74, 6) is -1.02. The highest BCUT2D eigenvalue weighted by Gasteiger charge is 2.16. The van der Waals surface area contributed by atoms with Crippen molar-refractivity contribution in [1.29, 1.82) is 0 Å². The molecule has 1 aliphatic rings. The minimum absolute atomic E-state index is 0.0657. The first kappa shape index (κ1) is 12.8. The van der Waals surface area contributed by atoms with Crippen LogP contribution < -0.4 is 5.32 Å². The van der Waals surface area contributed by atoms with Crippen LogP contribution >= 0.6 is 0 Å². The molecule has 0 radical (unpaired) electrons. The average Bonchev–Trinajstić information content (AvgIpc) is 2.26. The number of ether oxygens (including phenoxy) is 1. The Morgan fingerprint density at radius 3 is 2.81 bits per heavy atom. The normalized spacial score (nSPS) is 20.2. The lowest BCUT2D eigenvalue weighted by atomic mass is 10.1. The Kier molecular flexibility index (Phi) is 5.04. The number of hydrogen-bond acceptors (Lipinski definition) is 3. The van der Waals surface area contributed by atoms with Gasteiger partial charge < -0.3 is 20.1 Å². The summed E-state index contributed by atoms with van der Waals surface area (Å²) in [5.41, 5.74) is 0. The van der Waals surface area contributed by atoms with E-state index in [0.29, 0.717) is 6.54 Å². The Morgan fingerprint density at radius 2 is 2.25 bits per heavy atom. The van der Waals surface area contributed by atoms with Crippen LogP contribution in [0.2, 0.25) is 0 Å². The highest BCUT2D eigenvalue weighted by atomic mass is 16.5. The van der Waals surface area contributed by atoms with E-state index in [2.05, 4.69) is 5.32 Å². The molecule has 1 unspecified atom stereocenters. The average molecular weight is 230 g/mol. The Balaban J connectivity index is 2.20. The zero-order valence-electron chi connectivity index (χ0n) is 9.44. The molecule has 0 aromatic rings. The van der Waals surface area contributed by atoms with Gasteiger partial charge in [0.15, 0.2) is 0 Å². The van der Waals surface area contributed by atoms with Gasteiger partial charge >= 0.3 is 12.0 Å². The number of nitrogens with one attached hydrogen (secondary N) is 1. The second kappa shape index (κ2) is 6.32. The molecule has 6 heteroatoms. The fourth-order valence-electron chi connectivity index (χ4n) is 1.58. The first-order chi connectivity index (χ1) is 7.59. The first-order valence-corrected chi connectivity index (χ1v) is 5.42. The summed E-state index contributed by atoms with van der Waals surface area (Å²) < 4.78 is 5.44. The molecule has 1 fully saturated rings. The van der Waals surface area contributed by atoms with Gasteiger partial charge in [-0.3, -0.25) is 4.79 Å². The number of urea groups is 1. The molecule has 1 heterocycles. The van der Waals surface area contributed by atoms with Crippen LogP contribution in [0.1, 0.15) is 19.3 Å². The van der Waals surface area contributed by atoms with E-state index in [0.717, 1.165) is 30.8 Å². The van der Waals surface area contributed by atoms with Crippen LogP contribution in [0.25, 0.3) is 0 Å². The van der Waals surface area contributed by atoms with Gasteiger partial charge in [0.2, 0.25) is 0 Å². The molecule has 6 nitrogen and oxygen atoms in total. The maximum atomic E-state index is 11.4. The maximum Gasteiger partial charge on any atom is 0.323 e. The third kappa shape index (κ3) is 4.48. The Hall–Kier alpha value is -1.30. The molecular formula is C10H18N2O4. The van der Waals surface area contributed by atoms with Crippen LogP contribution in [0.15, 0.2) is 0 Å². The van der Waals surface area contributed by atoms with Gasteiger partial charge in [0, 0.05) is 20.2 Å². The molecule has 0 saturated carbocycles. The number of likely N-dealkylation sites (N-methyl/N-ethyl adjacent to an activating group) is 1. The number of hydrogen-bond donors (Lipinski definition) is 2. The number of carboxylic acid groups (broad SMARTS) is 1. The smallest absolute Gasteiger partial charge is 0.323 e. The van der Waals surface area contributed by atoms with Gasteiger partial charge in [0.05, 0.1) is 6.10 Å². The van der Waals surface area contributed by atoms with Crippen molar-refractivity contribution in [3.05, 3.63) is 0 Å². The van der Waals surface area contributed by atoms with E-state index in [4.69, 9.17) is 9.84 Å². The molecule has 2 N–H and O–H groups in total. The zero-order chi connectivity index (χ0) is 12.0. The standard InChI is InChI=1S/C10H18N2O4/c1-12(7-9(13)14)10(15)11-6-8-4-2-3-5-16-8/h8H,2-7H2,1H3,(H,11,15)(H,13,14). The number of amides is 2. The van der Waals surface area contributed by atoms with Crippen molar-refractivity contribution in [3.8, 4) is 0 Å². The fourth-order valence-corrected chi connectivity index (χ4v) is 1.58. The summed E-state index contributed by atoms with van der Waals surface area (Å²) in [6.45, 7) is 0.894. The van der Waals surface area contributed by atoms with Crippen LogP contribution in [0.3, 0.4) is 0 Å². The van der Waals surface area contributed by atoms with E-state index in [-0.39, 0.29) is 18.7 Å². The minimum atomic E-state index is -1.02. The van der Waals surface area contributed by atoms with Crippen molar-refractivity contribution in [2.24, 2.45) is 0 Å². The van der Waals surface area contributed by atoms with Crippen LogP contribution in [0, 0.1) is 0 Å². The molecule has 16 heavy (non-hydrogen) atoms. The quantitative estimate of drug-likeness (QED) is 0.727. The second-order valence-electron chi connectivity index (χ2n) is 3.92. The minimum Gasteiger partial charge on any atom is -0.480 e. The van der Waals surface area contributed by atoms with Crippen LogP contribution in [0.5, 0.6) is 0 Å². The zero-order valence-corrected chi connectivity index (χ0v) is 9.44. The summed E-state index contributed by atoms with van der Waals surface area (Å²) in [6.07, 6.45) is 3.20. The molecule has 1 rings (SSSR count). The van der Waals surface area contributed by atoms with Crippen molar-refractivity contribution < 1.29 is 19.4 Å². The first-order valence-electron chi connectivity index (χ1n) is 5.42. The van der Waals surface area contributed by atoms with Gasteiger partial charge in [-0.1, -0.05) is 0 Å². The predicted molar refractivity (Wildman–Crippen MR) is 57.3 cm³/mol. The Bertz CT molecular complexity index is 251. The van der Waals surface area contributed by atoms with E-state index in [1.807, 2.05) is 0 Å². The highest BCUT2D eigenvalue weighted by molar-refractivity contribution is 5.79. The van der Waals surface area contributed by atoms with Crippen LogP contribution in [-0.4, -0.2) is 54.9 Å². The molecule has 0 aliphatic carbocycles. The van der Waals surface area contributed by atoms with Crippen LogP contribution in [0.4, 0.5) is 4.79 Å². The molecule has 0 bridgehead atoms. The van der Waals surface area contributed by atoms with E-state index >= 15 is 0 Å². The number of aliphatic carboxylic acids is 1. The molecule has 0 aromatic carbocycles. The third-order valence-corrected chi connectivity index (χ3v) is 2.47. The molecule has 0 aromatic heterocycles. The molecule has 1 saturated heterocycles. The Labute approximate surface area is 94.6 Å². The summed E-state index contributed by atoms with van der Waals surface area (Å²) in [7, 11) is 1.45. The SMILES string of the molecule is CN(CC(=O)O)C(=O)NCC1CCCCO1. The van der Waals surface area contributed by atoms with Gasteiger partial charge in [-0.25, -0.2) is 4.79 Å². The van der Waals surface area contributed by atoms with Crippen molar-refractivity contribution >= 4 is 12.0 Å². The van der Waals surface area contributed by atoms with Crippen molar-refractivity contribution in [2.45, 2.75) is 25.4 Å². The summed E-state index contributed by atoms with van der Waals surface area (Å²) in [4.78, 5) is 22.9. The molecule has 1 aliphatic heterocycles. The number of carbonyl (C=O) groups excluding carboxylic acids is 1. The van der Waals surface area contributed by atoms with E-state index < -0.39 is 5.97 Å². The Morgan fingerprint density at radius 1 is 1.50 bits per heavy atom. The molecule has 1 atom stereocenters. The van der Waals surface area contributed by atoms with Crippen molar-refractivity contribution in [1.82, 2.24) is 10.2 Å². The second-order valence-corrected chi connectivity index (χ2v) is 3.92. The lowest BCUT2D eigenvalue weighted by Gasteiger charge is -2.24. The van der Waals surface area contributed by atoms with E-state index in [1.165, 1.54) is 7.05 Å². The topological polar surface area (TPSA) is 78.9 Å². The number of nitrogens with zero attached hydrogens (tertiary/aromatic N) is 1. The van der Waals surface area contributed by atoms with Crippen molar-refractivity contribution in [3.63, 3.8) is 0 Å². The van der Waals surface area contributed by atoms with Crippen molar-refractivity contribution in [2.75, 3.05) is 26.7 Å². The monoisotopic (exact) mass is 230 g/mol. The lowest BCUT2D eigenvalue weighted by Crippen LogP contribution is -2.43. The maximum absolute atomic E-state index is 11.4. The predicted octanol–water partition coefficient (Wildman–Crippen LogP) is 0.281. The number of carbonyl (C=O) groups is 2. The molecular weight excluding hydrogens is 212 g/mol. The number of rotatable bonds is 4. The number of carboxylic acids is 1. The lowest BCUT2D eigenvalue weighted by molar-refractivity contribution is -0.137. The largest absolute Gasteiger partial charge is 0.480 e. The van der Waals surface area contributed by atoms with Gasteiger partial charge in [0.25, 0.3) is 0 Å². The summed E-state index contributed by atoms with van der Waals surface area (Å²) >= 11 is 0. The van der Waals surface area contributed by atoms with Gasteiger partial charge in [-0.2, -0.15) is 0 Å². The van der Waals surface area contributed by atoms with Gasteiger partial charge in [-0.05, 0) is 19.3 Å². The van der Waals surface area contributed by atoms with E-state index in [1.54, 1.807) is 0 Å². The molecule has 92 valence electrons. The molecule has 0 spiro atoms. The highest BCUT2D eigenvalue weighted by Crippen LogP contribution is 2.11. The fraction of sp³-hybridized carbons (Fsp3) is 0.800. The van der Waals surface area contributed by atoms with Gasteiger partial charge in [0.1, 0.15) is 6.54 Å². The van der Waals surface area contributed by atoms with Gasteiger partial charge in [-0.15, -0.1) is 0 Å². The summed E-state index contributed by atoms with van der Waals surface area (Å²) in [5, 5.41) is 11.2. The van der Waals surface area contributed by atoms with Crippen LogP contribution in [-0.2, 0) is 9.53 Å². The summed E-state index contributed by atoms with van der Waals surface area (Å²) in [6, 6.07) is -0.378. The third-order valence-electron chi connectivity index (χ3n) is 2.47. The molecule has 2 amide bonds.